The summed E-state index contributed by atoms with van der Waals surface area (Å²) in [7, 11) is -4.20. The number of aryl methyl sites for hydroxylation is 1. The number of carbonyl (C=O) groups excluding carboxylic acids is 1. The van der Waals surface area contributed by atoms with Gasteiger partial charge in [0.15, 0.2) is 12.1 Å². The van der Waals surface area contributed by atoms with E-state index in [0.717, 1.165) is 28.8 Å². The summed E-state index contributed by atoms with van der Waals surface area (Å²) in [5.41, 5.74) is 14.9. The average Bonchev–Trinajstić information content (AvgIpc) is 2.76. The molecular formula is C19H22F4N6O7S. The molecule has 18 heteroatoms. The van der Waals surface area contributed by atoms with Gasteiger partial charge in [0, 0.05) is 5.69 Å². The summed E-state index contributed by atoms with van der Waals surface area (Å²) in [6, 6.07) is 5.31. The largest absolute Gasteiger partial charge is 0.490 e. The Morgan fingerprint density at radius 2 is 1.62 bits per heavy atom. The molecule has 0 saturated heterocycles. The first-order valence-corrected chi connectivity index (χ1v) is 11.2. The number of anilines is 1. The van der Waals surface area contributed by atoms with E-state index >= 15 is 0 Å². The summed E-state index contributed by atoms with van der Waals surface area (Å²) >= 11 is 0. The second kappa shape index (κ2) is 12.1. The van der Waals surface area contributed by atoms with E-state index in [2.05, 4.69) is 9.88 Å². The zero-order valence-electron chi connectivity index (χ0n) is 19.1. The van der Waals surface area contributed by atoms with E-state index in [4.69, 9.17) is 31.9 Å². The van der Waals surface area contributed by atoms with Crippen LogP contribution < -0.4 is 27.5 Å². The number of carboxylic acid groups (broad SMARTS) is 1. The number of benzene rings is 1. The third-order valence-electron chi connectivity index (χ3n) is 4.27. The van der Waals surface area contributed by atoms with Gasteiger partial charge in [-0.25, -0.2) is 17.6 Å². The predicted octanol–water partition coefficient (Wildman–Crippen LogP) is 0.350. The molecule has 0 aliphatic rings. The second-order valence-corrected chi connectivity index (χ2v) is 8.78. The molecule has 0 bridgehead atoms. The van der Waals surface area contributed by atoms with Gasteiger partial charge in [0.1, 0.15) is 11.5 Å². The number of guanidine groups is 1. The second-order valence-electron chi connectivity index (χ2n) is 7.10. The van der Waals surface area contributed by atoms with Gasteiger partial charge < -0.3 is 27.1 Å². The Morgan fingerprint density at radius 3 is 2.05 bits per heavy atom. The lowest BCUT2D eigenvalue weighted by Gasteiger charge is -2.24. The van der Waals surface area contributed by atoms with E-state index in [1.165, 1.54) is 26.0 Å². The number of rotatable bonds is 8. The van der Waals surface area contributed by atoms with Crippen molar-refractivity contribution in [3.05, 3.63) is 58.3 Å². The summed E-state index contributed by atoms with van der Waals surface area (Å²) in [5.74, 6) is -4.72. The number of carbonyl (C=O) groups is 2. The van der Waals surface area contributed by atoms with Gasteiger partial charge in [0.05, 0.1) is 4.90 Å². The molecule has 0 saturated carbocycles. The van der Waals surface area contributed by atoms with Crippen molar-refractivity contribution in [2.45, 2.75) is 37.1 Å². The maximum Gasteiger partial charge on any atom is 0.490 e. The number of nitrogens with two attached hydrogens (primary N) is 3. The van der Waals surface area contributed by atoms with Gasteiger partial charge in [0.2, 0.25) is 11.9 Å². The Morgan fingerprint density at radius 1 is 1.11 bits per heavy atom. The Kier molecular flexibility index (Phi) is 10.0. The molecule has 37 heavy (non-hydrogen) atoms. The highest BCUT2D eigenvalue weighted by Gasteiger charge is 2.38. The number of primary amides is 1. The van der Waals surface area contributed by atoms with E-state index in [-0.39, 0.29) is 10.6 Å². The van der Waals surface area contributed by atoms with Crippen LogP contribution >= 0.6 is 0 Å². The predicted molar refractivity (Wildman–Crippen MR) is 121 cm³/mol. The number of nitrogens with zero attached hydrogens (tertiary/aromatic N) is 2. The fourth-order valence-corrected chi connectivity index (χ4v) is 3.71. The number of hydrogen-bond donors (Lipinski definition) is 5. The van der Waals surface area contributed by atoms with Crippen molar-refractivity contribution in [2.75, 3.05) is 4.72 Å². The topological polar surface area (TPSA) is 222 Å². The minimum atomic E-state index is -5.08. The number of aromatic nitrogens is 1. The van der Waals surface area contributed by atoms with Gasteiger partial charge in [-0.1, -0.05) is 0 Å². The van der Waals surface area contributed by atoms with Crippen LogP contribution in [0.1, 0.15) is 18.7 Å². The highest BCUT2D eigenvalue weighted by molar-refractivity contribution is 7.92. The van der Waals surface area contributed by atoms with Crippen LogP contribution in [0, 0.1) is 12.7 Å². The molecule has 1 heterocycles. The minimum absolute atomic E-state index is 0.258. The Bertz CT molecular complexity index is 1320. The number of sulfonamides is 1. The van der Waals surface area contributed by atoms with Crippen LogP contribution in [0.15, 0.2) is 51.2 Å². The monoisotopic (exact) mass is 554 g/mol. The van der Waals surface area contributed by atoms with Crippen LogP contribution in [0.2, 0.25) is 0 Å². The Hall–Kier alpha value is -4.35. The van der Waals surface area contributed by atoms with Crippen molar-refractivity contribution >= 4 is 33.5 Å². The molecule has 1 amide bonds. The average molecular weight is 554 g/mol. The van der Waals surface area contributed by atoms with E-state index in [9.17, 15) is 35.6 Å². The fourth-order valence-electron chi connectivity index (χ4n) is 2.66. The van der Waals surface area contributed by atoms with E-state index in [0.29, 0.717) is 5.69 Å². The van der Waals surface area contributed by atoms with Gasteiger partial charge in [-0.2, -0.15) is 13.2 Å². The number of hydrogen-bond acceptors (Lipinski definition) is 7. The normalized spacial score (nSPS) is 12.8. The standard InChI is InChI=1S/C17H21FN6O5S.C2HF3O2/c1-9-3-8-13(23-30(27,28)12-6-4-11(18)5-7-12)16(26)24(9)14(15(19)25)10(2)29-22-17(20)21;3-2(4,5)1(6)7/h3-8,10,14,23H,1-2H3,(H2,19,25)(H4,20,21,22);(H,6,7). The van der Waals surface area contributed by atoms with Gasteiger partial charge in [-0.05, 0) is 55.4 Å². The van der Waals surface area contributed by atoms with Crippen LogP contribution in [0.3, 0.4) is 0 Å². The maximum absolute atomic E-state index is 13.1. The highest BCUT2D eigenvalue weighted by atomic mass is 32.2. The summed E-state index contributed by atoms with van der Waals surface area (Å²) in [5, 5.41) is 10.5. The van der Waals surface area contributed by atoms with E-state index < -0.39 is 57.6 Å². The van der Waals surface area contributed by atoms with Gasteiger partial charge >= 0.3 is 12.1 Å². The molecule has 2 atom stereocenters. The van der Waals surface area contributed by atoms with Crippen LogP contribution in [-0.2, 0) is 24.4 Å². The van der Waals surface area contributed by atoms with Crippen molar-refractivity contribution in [3.8, 4) is 0 Å². The third kappa shape index (κ3) is 8.67. The van der Waals surface area contributed by atoms with Crippen LogP contribution in [0.5, 0.6) is 0 Å². The summed E-state index contributed by atoms with van der Waals surface area (Å²) < 4.78 is 73.0. The summed E-state index contributed by atoms with van der Waals surface area (Å²) in [6.07, 6.45) is -6.15. The molecule has 0 aliphatic carbocycles. The Balaban J connectivity index is 0.000000856. The van der Waals surface area contributed by atoms with Crippen molar-refractivity contribution in [3.63, 3.8) is 0 Å². The number of nitrogens with one attached hydrogen (secondary N) is 1. The number of aliphatic carboxylic acids is 1. The Labute approximate surface area is 206 Å². The number of alkyl halides is 3. The summed E-state index contributed by atoms with van der Waals surface area (Å²) in [6.45, 7) is 2.92. The molecule has 8 N–H and O–H groups in total. The van der Waals surface area contributed by atoms with Crippen molar-refractivity contribution in [2.24, 2.45) is 22.4 Å². The van der Waals surface area contributed by atoms with Crippen LogP contribution in [-0.4, -0.2) is 48.2 Å². The SMILES string of the molecule is Cc1ccc(NS(=O)(=O)c2ccc(F)cc2)c(=O)n1C(C(N)=O)C(C)ON=C(N)N.O=C(O)C(F)(F)F. The molecule has 2 rings (SSSR count). The van der Waals surface area contributed by atoms with E-state index in [1.807, 2.05) is 0 Å². The lowest BCUT2D eigenvalue weighted by atomic mass is 10.1. The number of pyridine rings is 1. The van der Waals surface area contributed by atoms with Crippen LogP contribution in [0.25, 0.3) is 0 Å². The zero-order chi connectivity index (χ0) is 28.7. The zero-order valence-corrected chi connectivity index (χ0v) is 19.9. The molecule has 0 radical (unpaired) electrons. The molecule has 0 spiro atoms. The molecular weight excluding hydrogens is 532 g/mol. The molecule has 204 valence electrons. The molecule has 2 aromatic rings. The molecule has 0 aliphatic heterocycles. The van der Waals surface area contributed by atoms with E-state index in [1.54, 1.807) is 0 Å². The lowest BCUT2D eigenvalue weighted by molar-refractivity contribution is -0.192. The molecule has 13 nitrogen and oxygen atoms in total. The molecule has 0 fully saturated rings. The first-order chi connectivity index (χ1) is 16.9. The van der Waals surface area contributed by atoms with Gasteiger partial charge in [-0.15, -0.1) is 0 Å². The molecule has 1 aromatic heterocycles. The number of carboxylic acids is 1. The number of amides is 1. The van der Waals surface area contributed by atoms with Gasteiger partial charge in [0.25, 0.3) is 15.6 Å². The van der Waals surface area contributed by atoms with Crippen molar-refractivity contribution < 1.29 is 45.5 Å². The first-order valence-electron chi connectivity index (χ1n) is 9.73. The van der Waals surface area contributed by atoms with Crippen molar-refractivity contribution in [1.29, 1.82) is 0 Å². The van der Waals surface area contributed by atoms with Gasteiger partial charge in [-0.3, -0.25) is 18.9 Å². The third-order valence-corrected chi connectivity index (χ3v) is 5.65. The number of halogens is 4. The fraction of sp³-hybridized carbons (Fsp3) is 0.263. The minimum Gasteiger partial charge on any atom is -0.475 e. The maximum atomic E-state index is 13.1. The number of oxime groups is 1. The molecule has 1 aromatic carbocycles. The van der Waals surface area contributed by atoms with Crippen molar-refractivity contribution in [1.82, 2.24) is 4.57 Å². The highest BCUT2D eigenvalue weighted by Crippen LogP contribution is 2.19. The summed E-state index contributed by atoms with van der Waals surface area (Å²) in [4.78, 5) is 38.7. The first kappa shape index (κ1) is 30.7. The molecule has 2 unspecified atom stereocenters. The quantitative estimate of drug-likeness (QED) is 0.131. The smallest absolute Gasteiger partial charge is 0.475 e. The lowest BCUT2D eigenvalue weighted by Crippen LogP contribution is -2.42. The van der Waals surface area contributed by atoms with Crippen LogP contribution in [0.4, 0.5) is 23.2 Å².